The summed E-state index contributed by atoms with van der Waals surface area (Å²) < 4.78 is 5.64. The maximum Gasteiger partial charge on any atom is 0.269 e. The molecule has 1 unspecified atom stereocenters. The van der Waals surface area contributed by atoms with E-state index < -0.39 is 10.5 Å². The van der Waals surface area contributed by atoms with Crippen LogP contribution < -0.4 is 10.1 Å². The summed E-state index contributed by atoms with van der Waals surface area (Å²) in [6.07, 6.45) is 1.50. The summed E-state index contributed by atoms with van der Waals surface area (Å²) in [7, 11) is 0. The molecule has 6 heteroatoms. The average molecular weight is 291 g/mol. The van der Waals surface area contributed by atoms with E-state index in [0.717, 1.165) is 13.0 Å². The van der Waals surface area contributed by atoms with E-state index in [4.69, 9.17) is 4.74 Å². The van der Waals surface area contributed by atoms with E-state index in [9.17, 15) is 15.4 Å². The second-order valence-corrected chi connectivity index (χ2v) is 5.18. The highest BCUT2D eigenvalue weighted by Gasteiger charge is 2.22. The van der Waals surface area contributed by atoms with Crippen molar-refractivity contribution in [3.8, 4) is 11.8 Å². The standard InChI is InChI=1S/C15H21N3O3/c1-4-8-17-15(3,11-16)7-9-21-14-6-5-13(18(19)20)10-12(14)2/h5-6,10,17H,4,7-9H2,1-3H3. The van der Waals surface area contributed by atoms with Gasteiger partial charge in [-0.25, -0.2) is 0 Å². The minimum atomic E-state index is -0.620. The number of rotatable bonds is 8. The van der Waals surface area contributed by atoms with E-state index in [-0.39, 0.29) is 5.69 Å². The van der Waals surface area contributed by atoms with Crippen molar-refractivity contribution >= 4 is 5.69 Å². The van der Waals surface area contributed by atoms with Crippen molar-refractivity contribution in [2.45, 2.75) is 39.2 Å². The third-order valence-electron chi connectivity index (χ3n) is 3.24. The lowest BCUT2D eigenvalue weighted by molar-refractivity contribution is -0.384. The van der Waals surface area contributed by atoms with Gasteiger partial charge in [-0.05, 0) is 38.4 Å². The number of non-ortho nitro benzene ring substituents is 1. The number of nitrogens with zero attached hydrogens (tertiary/aromatic N) is 2. The molecule has 0 aliphatic carbocycles. The van der Waals surface area contributed by atoms with E-state index in [0.29, 0.717) is 24.3 Å². The average Bonchev–Trinajstić information content (AvgIpc) is 2.46. The normalized spacial score (nSPS) is 13.2. The van der Waals surface area contributed by atoms with Crippen molar-refractivity contribution in [3.63, 3.8) is 0 Å². The van der Waals surface area contributed by atoms with Gasteiger partial charge in [0.15, 0.2) is 0 Å². The van der Waals surface area contributed by atoms with Gasteiger partial charge < -0.3 is 4.74 Å². The number of nitro groups is 1. The van der Waals surface area contributed by atoms with Crippen LogP contribution in [0.5, 0.6) is 5.75 Å². The first-order valence-corrected chi connectivity index (χ1v) is 6.96. The van der Waals surface area contributed by atoms with Gasteiger partial charge in [0, 0.05) is 18.6 Å². The third-order valence-corrected chi connectivity index (χ3v) is 3.24. The predicted octanol–water partition coefficient (Wildman–Crippen LogP) is 2.95. The molecule has 0 amide bonds. The third kappa shape index (κ3) is 5.04. The molecule has 0 bridgehead atoms. The van der Waals surface area contributed by atoms with Crippen LogP contribution in [0, 0.1) is 28.4 Å². The molecule has 0 spiro atoms. The Morgan fingerprint density at radius 2 is 2.24 bits per heavy atom. The quantitative estimate of drug-likeness (QED) is 0.587. The first kappa shape index (κ1) is 16.9. The SMILES string of the molecule is CCCNC(C)(C#N)CCOc1ccc([N+](=O)[O-])cc1C. The highest BCUT2D eigenvalue weighted by Crippen LogP contribution is 2.23. The van der Waals surface area contributed by atoms with E-state index >= 15 is 0 Å². The lowest BCUT2D eigenvalue weighted by atomic mass is 10.0. The lowest BCUT2D eigenvalue weighted by Gasteiger charge is -2.23. The molecule has 114 valence electrons. The first-order chi connectivity index (χ1) is 9.91. The lowest BCUT2D eigenvalue weighted by Crippen LogP contribution is -2.42. The topological polar surface area (TPSA) is 88.2 Å². The van der Waals surface area contributed by atoms with Crippen LogP contribution in [0.15, 0.2) is 18.2 Å². The highest BCUT2D eigenvalue weighted by atomic mass is 16.6. The molecule has 0 aromatic heterocycles. The zero-order valence-electron chi connectivity index (χ0n) is 12.7. The van der Waals surface area contributed by atoms with Crippen LogP contribution in [0.1, 0.15) is 32.3 Å². The van der Waals surface area contributed by atoms with Crippen molar-refractivity contribution in [2.24, 2.45) is 0 Å². The molecule has 0 heterocycles. The Labute approximate surface area is 124 Å². The van der Waals surface area contributed by atoms with Crippen LogP contribution in [-0.4, -0.2) is 23.6 Å². The summed E-state index contributed by atoms with van der Waals surface area (Å²) in [4.78, 5) is 10.2. The number of hydrogen-bond acceptors (Lipinski definition) is 5. The Bertz CT molecular complexity index is 539. The summed E-state index contributed by atoms with van der Waals surface area (Å²) in [5.41, 5.74) is 0.140. The zero-order chi connectivity index (χ0) is 15.9. The molecule has 0 radical (unpaired) electrons. The Morgan fingerprint density at radius 3 is 2.76 bits per heavy atom. The van der Waals surface area contributed by atoms with E-state index in [2.05, 4.69) is 11.4 Å². The molecule has 0 saturated carbocycles. The first-order valence-electron chi connectivity index (χ1n) is 6.96. The Morgan fingerprint density at radius 1 is 1.52 bits per heavy atom. The molecular formula is C15H21N3O3. The van der Waals surface area contributed by atoms with Gasteiger partial charge in [-0.1, -0.05) is 6.92 Å². The fraction of sp³-hybridized carbons (Fsp3) is 0.533. The second kappa shape index (κ2) is 7.60. The molecule has 21 heavy (non-hydrogen) atoms. The van der Waals surface area contributed by atoms with Crippen LogP contribution in [0.4, 0.5) is 5.69 Å². The summed E-state index contributed by atoms with van der Waals surface area (Å²) in [6, 6.07) is 6.75. The smallest absolute Gasteiger partial charge is 0.269 e. The number of nitriles is 1. The summed E-state index contributed by atoms with van der Waals surface area (Å²) in [6.45, 7) is 6.80. The largest absolute Gasteiger partial charge is 0.493 e. The van der Waals surface area contributed by atoms with Gasteiger partial charge in [-0.2, -0.15) is 5.26 Å². The van der Waals surface area contributed by atoms with Gasteiger partial charge >= 0.3 is 0 Å². The molecule has 1 aromatic carbocycles. The molecule has 6 nitrogen and oxygen atoms in total. The molecule has 0 saturated heterocycles. The molecule has 1 aromatic rings. The van der Waals surface area contributed by atoms with Gasteiger partial charge in [0.25, 0.3) is 5.69 Å². The van der Waals surface area contributed by atoms with Crippen LogP contribution in [0.2, 0.25) is 0 Å². The fourth-order valence-corrected chi connectivity index (χ4v) is 1.86. The fourth-order valence-electron chi connectivity index (χ4n) is 1.86. The summed E-state index contributed by atoms with van der Waals surface area (Å²) in [5, 5.41) is 23.1. The number of ether oxygens (including phenoxy) is 1. The maximum absolute atomic E-state index is 10.7. The Kier molecular flexibility index (Phi) is 6.12. The van der Waals surface area contributed by atoms with Crippen molar-refractivity contribution in [1.29, 1.82) is 5.26 Å². The molecular weight excluding hydrogens is 270 g/mol. The minimum Gasteiger partial charge on any atom is -0.493 e. The van der Waals surface area contributed by atoms with Crippen molar-refractivity contribution in [1.82, 2.24) is 5.32 Å². The van der Waals surface area contributed by atoms with Gasteiger partial charge in [0.1, 0.15) is 11.3 Å². The molecule has 1 N–H and O–H groups in total. The molecule has 0 fully saturated rings. The summed E-state index contributed by atoms with van der Waals surface area (Å²) in [5.74, 6) is 0.608. The van der Waals surface area contributed by atoms with E-state index in [1.807, 2.05) is 13.8 Å². The van der Waals surface area contributed by atoms with Crippen molar-refractivity contribution < 1.29 is 9.66 Å². The number of nitro benzene ring substituents is 1. The number of nitrogens with one attached hydrogen (secondary N) is 1. The molecule has 0 aliphatic rings. The van der Waals surface area contributed by atoms with Crippen LogP contribution in [0.3, 0.4) is 0 Å². The van der Waals surface area contributed by atoms with Crippen molar-refractivity contribution in [2.75, 3.05) is 13.2 Å². The van der Waals surface area contributed by atoms with Crippen LogP contribution in [-0.2, 0) is 0 Å². The number of aryl methyl sites for hydroxylation is 1. The van der Waals surface area contributed by atoms with Gasteiger partial charge in [-0.15, -0.1) is 0 Å². The predicted molar refractivity (Wildman–Crippen MR) is 80.3 cm³/mol. The molecule has 0 aliphatic heterocycles. The minimum absolute atomic E-state index is 0.0475. The summed E-state index contributed by atoms with van der Waals surface area (Å²) >= 11 is 0. The highest BCUT2D eigenvalue weighted by molar-refractivity contribution is 5.42. The second-order valence-electron chi connectivity index (χ2n) is 5.18. The molecule has 1 rings (SSSR count). The Balaban J connectivity index is 2.60. The number of hydrogen-bond donors (Lipinski definition) is 1. The van der Waals surface area contributed by atoms with Gasteiger partial charge in [0.2, 0.25) is 0 Å². The van der Waals surface area contributed by atoms with E-state index in [1.165, 1.54) is 12.1 Å². The maximum atomic E-state index is 10.7. The van der Waals surface area contributed by atoms with Crippen LogP contribution in [0.25, 0.3) is 0 Å². The van der Waals surface area contributed by atoms with Gasteiger partial charge in [0.05, 0.1) is 17.6 Å². The zero-order valence-corrected chi connectivity index (χ0v) is 12.7. The van der Waals surface area contributed by atoms with Crippen LogP contribution >= 0.6 is 0 Å². The Hall–Kier alpha value is -2.13. The number of benzene rings is 1. The van der Waals surface area contributed by atoms with Gasteiger partial charge in [-0.3, -0.25) is 15.4 Å². The van der Waals surface area contributed by atoms with E-state index in [1.54, 1.807) is 13.0 Å². The monoisotopic (exact) mass is 291 g/mol. The molecule has 1 atom stereocenters. The van der Waals surface area contributed by atoms with Crippen molar-refractivity contribution in [3.05, 3.63) is 33.9 Å².